The van der Waals surface area contributed by atoms with E-state index in [2.05, 4.69) is 13.8 Å². The average molecular weight is 280 g/mol. The van der Waals surface area contributed by atoms with Crippen LogP contribution in [0.4, 0.5) is 0 Å². The number of hydrogen-bond acceptors (Lipinski definition) is 4. The zero-order valence-corrected chi connectivity index (χ0v) is 12.7. The number of rotatable bonds is 4. The molecule has 1 fully saturated rings. The normalized spacial score (nSPS) is 26.6. The first-order chi connectivity index (χ1) is 9.50. The van der Waals surface area contributed by atoms with Crippen molar-refractivity contribution in [3.63, 3.8) is 0 Å². The van der Waals surface area contributed by atoms with E-state index in [1.54, 1.807) is 14.2 Å². The molecule has 0 spiro atoms. The molecule has 1 aliphatic rings. The summed E-state index contributed by atoms with van der Waals surface area (Å²) in [7, 11) is 3.23. The smallest absolute Gasteiger partial charge is 0.128 e. The summed E-state index contributed by atoms with van der Waals surface area (Å²) in [4.78, 5) is 0. The minimum Gasteiger partial charge on any atom is -0.497 e. The van der Waals surface area contributed by atoms with E-state index in [-0.39, 0.29) is 6.10 Å². The molecule has 1 N–H and O–H groups in total. The van der Waals surface area contributed by atoms with Gasteiger partial charge in [-0.3, -0.25) is 0 Å². The second-order valence-corrected chi connectivity index (χ2v) is 5.71. The summed E-state index contributed by atoms with van der Waals surface area (Å²) in [5.74, 6) is 1.77. The highest BCUT2D eigenvalue weighted by Gasteiger charge is 2.39. The molecular weight excluding hydrogens is 256 g/mol. The lowest BCUT2D eigenvalue weighted by atomic mass is 9.80. The molecule has 4 heteroatoms. The van der Waals surface area contributed by atoms with Crippen molar-refractivity contribution in [2.24, 2.45) is 5.92 Å². The summed E-state index contributed by atoms with van der Waals surface area (Å²) < 4.78 is 16.4. The van der Waals surface area contributed by atoms with E-state index in [0.717, 1.165) is 11.3 Å². The average Bonchev–Trinajstić information content (AvgIpc) is 2.46. The van der Waals surface area contributed by atoms with E-state index >= 15 is 0 Å². The van der Waals surface area contributed by atoms with E-state index < -0.39 is 5.60 Å². The first-order valence-electron chi connectivity index (χ1n) is 7.06. The van der Waals surface area contributed by atoms with Gasteiger partial charge in [0, 0.05) is 24.5 Å². The molecule has 1 saturated heterocycles. The summed E-state index contributed by atoms with van der Waals surface area (Å²) in [6, 6.07) is 5.56. The Morgan fingerprint density at radius 2 is 2.05 bits per heavy atom. The quantitative estimate of drug-likeness (QED) is 0.921. The topological polar surface area (TPSA) is 47.9 Å². The van der Waals surface area contributed by atoms with Crippen molar-refractivity contribution < 1.29 is 19.3 Å². The SMILES string of the molecule is COc1ccc(C2(O)CCOC(C(C)C)C2)c(OC)c1. The van der Waals surface area contributed by atoms with Gasteiger partial charge in [-0.2, -0.15) is 0 Å². The van der Waals surface area contributed by atoms with Gasteiger partial charge in [0.1, 0.15) is 11.5 Å². The molecule has 0 radical (unpaired) electrons. The van der Waals surface area contributed by atoms with Crippen molar-refractivity contribution in [3.05, 3.63) is 23.8 Å². The van der Waals surface area contributed by atoms with Crippen molar-refractivity contribution in [1.29, 1.82) is 0 Å². The Balaban J connectivity index is 2.33. The molecule has 2 atom stereocenters. The summed E-state index contributed by atoms with van der Waals surface area (Å²) in [5.41, 5.74) is -0.0834. The third kappa shape index (κ3) is 2.91. The number of hydrogen-bond donors (Lipinski definition) is 1. The molecule has 0 saturated carbocycles. The highest BCUT2D eigenvalue weighted by Crippen LogP contribution is 2.41. The van der Waals surface area contributed by atoms with Crippen LogP contribution in [-0.4, -0.2) is 32.0 Å². The van der Waals surface area contributed by atoms with Crippen molar-refractivity contribution in [2.45, 2.75) is 38.4 Å². The monoisotopic (exact) mass is 280 g/mol. The van der Waals surface area contributed by atoms with Crippen LogP contribution in [0.5, 0.6) is 11.5 Å². The van der Waals surface area contributed by atoms with Gasteiger partial charge < -0.3 is 19.3 Å². The summed E-state index contributed by atoms with van der Waals surface area (Å²) in [6.45, 7) is 4.79. The molecule has 1 aromatic carbocycles. The summed E-state index contributed by atoms with van der Waals surface area (Å²) in [6.07, 6.45) is 1.24. The summed E-state index contributed by atoms with van der Waals surface area (Å²) >= 11 is 0. The van der Waals surface area contributed by atoms with Gasteiger partial charge >= 0.3 is 0 Å². The van der Waals surface area contributed by atoms with Crippen LogP contribution in [0.25, 0.3) is 0 Å². The predicted octanol–water partition coefficient (Wildman–Crippen LogP) is 2.73. The van der Waals surface area contributed by atoms with Crippen LogP contribution in [-0.2, 0) is 10.3 Å². The molecule has 1 aliphatic heterocycles. The zero-order chi connectivity index (χ0) is 14.8. The van der Waals surface area contributed by atoms with Gasteiger partial charge in [0.2, 0.25) is 0 Å². The van der Waals surface area contributed by atoms with Gasteiger partial charge in [0.25, 0.3) is 0 Å². The maximum Gasteiger partial charge on any atom is 0.128 e. The second-order valence-electron chi connectivity index (χ2n) is 5.71. The predicted molar refractivity (Wildman–Crippen MR) is 77.3 cm³/mol. The Morgan fingerprint density at radius 3 is 2.65 bits per heavy atom. The lowest BCUT2D eigenvalue weighted by Gasteiger charge is -2.39. The Kier molecular flexibility index (Phi) is 4.55. The van der Waals surface area contributed by atoms with Gasteiger partial charge in [-0.25, -0.2) is 0 Å². The van der Waals surface area contributed by atoms with Crippen LogP contribution < -0.4 is 9.47 Å². The van der Waals surface area contributed by atoms with E-state index in [1.165, 1.54) is 0 Å². The number of aliphatic hydroxyl groups is 1. The summed E-state index contributed by atoms with van der Waals surface area (Å²) in [5, 5.41) is 11.0. The first kappa shape index (κ1) is 15.1. The van der Waals surface area contributed by atoms with E-state index in [0.29, 0.717) is 31.1 Å². The Morgan fingerprint density at radius 1 is 1.30 bits per heavy atom. The third-order valence-electron chi connectivity index (χ3n) is 4.04. The molecule has 112 valence electrons. The first-order valence-corrected chi connectivity index (χ1v) is 7.06. The van der Waals surface area contributed by atoms with Crippen LogP contribution >= 0.6 is 0 Å². The molecule has 1 aromatic rings. The number of ether oxygens (including phenoxy) is 3. The molecule has 1 heterocycles. The van der Waals surface area contributed by atoms with Crippen LogP contribution in [0.2, 0.25) is 0 Å². The van der Waals surface area contributed by atoms with Crippen LogP contribution in [0.3, 0.4) is 0 Å². The van der Waals surface area contributed by atoms with E-state index in [9.17, 15) is 5.11 Å². The standard InChI is InChI=1S/C16H24O4/c1-11(2)15-10-16(17,7-8-20-15)13-6-5-12(18-3)9-14(13)19-4/h5-6,9,11,15,17H,7-8,10H2,1-4H3. The number of benzene rings is 1. The second kappa shape index (κ2) is 6.02. The minimum absolute atomic E-state index is 0.0700. The van der Waals surface area contributed by atoms with Gasteiger partial charge in [-0.05, 0) is 18.1 Å². The largest absolute Gasteiger partial charge is 0.497 e. The molecular formula is C16H24O4. The molecule has 4 nitrogen and oxygen atoms in total. The zero-order valence-electron chi connectivity index (χ0n) is 12.7. The van der Waals surface area contributed by atoms with E-state index in [1.807, 2.05) is 18.2 Å². The van der Waals surface area contributed by atoms with Crippen molar-refractivity contribution >= 4 is 0 Å². The third-order valence-corrected chi connectivity index (χ3v) is 4.04. The number of methoxy groups -OCH3 is 2. The van der Waals surface area contributed by atoms with Crippen LogP contribution in [0.1, 0.15) is 32.3 Å². The Hall–Kier alpha value is -1.26. The fourth-order valence-corrected chi connectivity index (χ4v) is 2.73. The fourth-order valence-electron chi connectivity index (χ4n) is 2.73. The van der Waals surface area contributed by atoms with Gasteiger partial charge in [-0.1, -0.05) is 13.8 Å². The highest BCUT2D eigenvalue weighted by atomic mass is 16.5. The van der Waals surface area contributed by atoms with Crippen LogP contribution in [0.15, 0.2) is 18.2 Å². The van der Waals surface area contributed by atoms with Crippen LogP contribution in [0, 0.1) is 5.92 Å². The maximum absolute atomic E-state index is 11.0. The Bertz CT molecular complexity index is 458. The molecule has 0 amide bonds. The van der Waals surface area contributed by atoms with Crippen molar-refractivity contribution in [3.8, 4) is 11.5 Å². The Labute approximate surface area is 120 Å². The minimum atomic E-state index is -0.898. The van der Waals surface area contributed by atoms with Gasteiger partial charge in [0.05, 0.1) is 32.5 Å². The molecule has 2 unspecified atom stereocenters. The lowest BCUT2D eigenvalue weighted by molar-refractivity contribution is -0.122. The molecule has 0 aromatic heterocycles. The molecule has 2 rings (SSSR count). The molecule has 0 bridgehead atoms. The lowest BCUT2D eigenvalue weighted by Crippen LogP contribution is -2.40. The van der Waals surface area contributed by atoms with Gasteiger partial charge in [0.15, 0.2) is 0 Å². The maximum atomic E-state index is 11.0. The fraction of sp³-hybridized carbons (Fsp3) is 0.625. The van der Waals surface area contributed by atoms with Crippen molar-refractivity contribution in [2.75, 3.05) is 20.8 Å². The van der Waals surface area contributed by atoms with E-state index in [4.69, 9.17) is 14.2 Å². The highest BCUT2D eigenvalue weighted by molar-refractivity contribution is 5.44. The van der Waals surface area contributed by atoms with Crippen molar-refractivity contribution in [1.82, 2.24) is 0 Å². The molecule has 20 heavy (non-hydrogen) atoms. The van der Waals surface area contributed by atoms with Gasteiger partial charge in [-0.15, -0.1) is 0 Å². The molecule has 0 aliphatic carbocycles.